The van der Waals surface area contributed by atoms with E-state index in [1.807, 2.05) is 0 Å². The van der Waals surface area contributed by atoms with Gasteiger partial charge in [-0.3, -0.25) is 4.79 Å². The summed E-state index contributed by atoms with van der Waals surface area (Å²) in [5.41, 5.74) is 0.794. The van der Waals surface area contributed by atoms with Crippen LogP contribution in [0.4, 0.5) is 13.2 Å². The number of carbonyl (C=O) groups is 1. The summed E-state index contributed by atoms with van der Waals surface area (Å²) < 4.78 is 40.4. The minimum Gasteiger partial charge on any atom is -0.484 e. The maximum absolute atomic E-state index is 12.0. The summed E-state index contributed by atoms with van der Waals surface area (Å²) in [7, 11) is 1.76. The zero-order valence-corrected chi connectivity index (χ0v) is 12.3. The number of rotatable bonds is 7. The van der Waals surface area contributed by atoms with Crippen LogP contribution in [-0.2, 0) is 11.3 Å². The Labute approximate surface area is 127 Å². The smallest absolute Gasteiger partial charge is 0.422 e. The summed E-state index contributed by atoms with van der Waals surface area (Å²) in [6, 6.07) is 6.12. The zero-order valence-electron chi connectivity index (χ0n) is 11.5. The third kappa shape index (κ3) is 9.14. The third-order valence-electron chi connectivity index (χ3n) is 2.42. The largest absolute Gasteiger partial charge is 0.484 e. The normalized spacial score (nSPS) is 10.7. The summed E-state index contributed by atoms with van der Waals surface area (Å²) in [5, 5.41) is 5.57. The fraction of sp³-hybridized carbons (Fsp3) is 0.462. The molecule has 0 aliphatic heterocycles. The van der Waals surface area contributed by atoms with Gasteiger partial charge in [-0.05, 0) is 24.7 Å². The fourth-order valence-electron chi connectivity index (χ4n) is 1.40. The number of amides is 1. The van der Waals surface area contributed by atoms with Crippen LogP contribution in [0.1, 0.15) is 12.0 Å². The SMILES string of the molecule is CNCCC(=O)NCc1ccc(OCC(F)(F)F)cc1.Cl. The lowest BCUT2D eigenvalue weighted by Gasteiger charge is -2.10. The van der Waals surface area contributed by atoms with Crippen molar-refractivity contribution in [2.75, 3.05) is 20.2 Å². The van der Waals surface area contributed by atoms with E-state index in [4.69, 9.17) is 0 Å². The van der Waals surface area contributed by atoms with Crippen molar-refractivity contribution in [3.8, 4) is 5.75 Å². The highest BCUT2D eigenvalue weighted by atomic mass is 35.5. The molecular weight excluding hydrogens is 309 g/mol. The first kappa shape index (κ1) is 19.5. The minimum atomic E-state index is -4.35. The van der Waals surface area contributed by atoms with Gasteiger partial charge in [0.05, 0.1) is 0 Å². The fourth-order valence-corrected chi connectivity index (χ4v) is 1.40. The molecule has 1 amide bonds. The molecule has 0 bridgehead atoms. The second-order valence-corrected chi connectivity index (χ2v) is 4.18. The molecule has 0 radical (unpaired) electrons. The lowest BCUT2D eigenvalue weighted by molar-refractivity contribution is -0.153. The van der Waals surface area contributed by atoms with Crippen LogP contribution in [0.3, 0.4) is 0 Å². The van der Waals surface area contributed by atoms with Crippen molar-refractivity contribution in [1.29, 1.82) is 0 Å². The molecule has 4 nitrogen and oxygen atoms in total. The van der Waals surface area contributed by atoms with E-state index < -0.39 is 12.8 Å². The van der Waals surface area contributed by atoms with Gasteiger partial charge in [0.25, 0.3) is 0 Å². The van der Waals surface area contributed by atoms with Gasteiger partial charge in [0.2, 0.25) is 5.91 Å². The van der Waals surface area contributed by atoms with Crippen LogP contribution < -0.4 is 15.4 Å². The summed E-state index contributed by atoms with van der Waals surface area (Å²) in [6.07, 6.45) is -3.97. The Hall–Kier alpha value is -1.47. The lowest BCUT2D eigenvalue weighted by Crippen LogP contribution is -2.26. The molecule has 0 saturated carbocycles. The molecule has 0 aromatic heterocycles. The van der Waals surface area contributed by atoms with Gasteiger partial charge in [-0.2, -0.15) is 13.2 Å². The molecule has 120 valence electrons. The molecule has 1 rings (SSSR count). The van der Waals surface area contributed by atoms with Crippen molar-refractivity contribution >= 4 is 18.3 Å². The van der Waals surface area contributed by atoms with Crippen LogP contribution in [0.2, 0.25) is 0 Å². The van der Waals surface area contributed by atoms with Gasteiger partial charge in [0.1, 0.15) is 5.75 Å². The molecule has 0 aliphatic carbocycles. The zero-order chi connectivity index (χ0) is 15.0. The number of hydrogen-bond acceptors (Lipinski definition) is 3. The highest BCUT2D eigenvalue weighted by Gasteiger charge is 2.28. The molecule has 0 saturated heterocycles. The highest BCUT2D eigenvalue weighted by Crippen LogP contribution is 2.18. The van der Waals surface area contributed by atoms with Gasteiger partial charge >= 0.3 is 6.18 Å². The summed E-state index contributed by atoms with van der Waals surface area (Å²) in [4.78, 5) is 11.4. The van der Waals surface area contributed by atoms with Gasteiger partial charge in [0.15, 0.2) is 6.61 Å². The maximum Gasteiger partial charge on any atom is 0.422 e. The quantitative estimate of drug-likeness (QED) is 0.808. The van der Waals surface area contributed by atoms with Gasteiger partial charge in [0, 0.05) is 19.5 Å². The van der Waals surface area contributed by atoms with Crippen molar-refractivity contribution in [3.05, 3.63) is 29.8 Å². The minimum absolute atomic E-state index is 0. The Balaban J connectivity index is 0.00000400. The predicted molar refractivity (Wildman–Crippen MR) is 75.6 cm³/mol. The molecular formula is C13H18ClF3N2O2. The molecule has 0 aliphatic rings. The first-order valence-corrected chi connectivity index (χ1v) is 6.10. The van der Waals surface area contributed by atoms with Crippen LogP contribution in [0.15, 0.2) is 24.3 Å². The van der Waals surface area contributed by atoms with E-state index in [-0.39, 0.29) is 24.1 Å². The van der Waals surface area contributed by atoms with E-state index in [0.717, 1.165) is 5.56 Å². The Morgan fingerprint density at radius 1 is 1.24 bits per heavy atom. The standard InChI is InChI=1S/C13H17F3N2O2.ClH/c1-17-7-6-12(19)18-8-10-2-4-11(5-3-10)20-9-13(14,15)16;/h2-5,17H,6-9H2,1H3,(H,18,19);1H. The second-order valence-electron chi connectivity index (χ2n) is 4.18. The van der Waals surface area contributed by atoms with Crippen LogP contribution in [-0.4, -0.2) is 32.3 Å². The van der Waals surface area contributed by atoms with Crippen molar-refractivity contribution in [3.63, 3.8) is 0 Å². The van der Waals surface area contributed by atoms with E-state index in [9.17, 15) is 18.0 Å². The van der Waals surface area contributed by atoms with Crippen molar-refractivity contribution in [2.45, 2.75) is 19.1 Å². The van der Waals surface area contributed by atoms with Crippen LogP contribution in [0.5, 0.6) is 5.75 Å². The summed E-state index contributed by atoms with van der Waals surface area (Å²) in [6.45, 7) is -0.384. The lowest BCUT2D eigenvalue weighted by atomic mass is 10.2. The average molecular weight is 327 g/mol. The number of alkyl halides is 3. The second kappa shape index (κ2) is 9.46. The first-order chi connectivity index (χ1) is 9.40. The summed E-state index contributed by atoms with van der Waals surface area (Å²) in [5.74, 6) is 0.0596. The molecule has 8 heteroatoms. The van der Waals surface area contributed by atoms with Gasteiger partial charge in [-0.25, -0.2) is 0 Å². The van der Waals surface area contributed by atoms with Crippen molar-refractivity contribution in [2.24, 2.45) is 0 Å². The molecule has 21 heavy (non-hydrogen) atoms. The number of ether oxygens (including phenoxy) is 1. The van der Waals surface area contributed by atoms with Crippen molar-refractivity contribution < 1.29 is 22.7 Å². The van der Waals surface area contributed by atoms with Gasteiger partial charge < -0.3 is 15.4 Å². The Bertz CT molecular complexity index is 424. The Morgan fingerprint density at radius 3 is 2.38 bits per heavy atom. The van der Waals surface area contributed by atoms with E-state index in [1.54, 1.807) is 19.2 Å². The first-order valence-electron chi connectivity index (χ1n) is 6.10. The average Bonchev–Trinajstić information content (AvgIpc) is 2.41. The maximum atomic E-state index is 12.0. The van der Waals surface area contributed by atoms with Crippen LogP contribution in [0, 0.1) is 0 Å². The predicted octanol–water partition coefficient (Wildman–Crippen LogP) is 2.28. The number of hydrogen-bond donors (Lipinski definition) is 2. The number of carbonyl (C=O) groups excluding carboxylic acids is 1. The van der Waals surface area contributed by atoms with E-state index in [0.29, 0.717) is 19.5 Å². The highest BCUT2D eigenvalue weighted by molar-refractivity contribution is 5.85. The van der Waals surface area contributed by atoms with Gasteiger partial charge in [-0.15, -0.1) is 12.4 Å². The van der Waals surface area contributed by atoms with Crippen LogP contribution >= 0.6 is 12.4 Å². The van der Waals surface area contributed by atoms with E-state index in [1.165, 1.54) is 12.1 Å². The number of benzene rings is 1. The molecule has 0 atom stereocenters. The van der Waals surface area contributed by atoms with Crippen LogP contribution in [0.25, 0.3) is 0 Å². The number of halogens is 4. The summed E-state index contributed by atoms with van der Waals surface area (Å²) >= 11 is 0. The molecule has 2 N–H and O–H groups in total. The molecule has 0 fully saturated rings. The molecule has 1 aromatic rings. The monoisotopic (exact) mass is 326 g/mol. The molecule has 0 heterocycles. The molecule has 0 unspecified atom stereocenters. The van der Waals surface area contributed by atoms with E-state index >= 15 is 0 Å². The molecule has 0 spiro atoms. The Kier molecular flexibility index (Phi) is 8.80. The topological polar surface area (TPSA) is 50.4 Å². The van der Waals surface area contributed by atoms with Gasteiger partial charge in [-0.1, -0.05) is 12.1 Å². The van der Waals surface area contributed by atoms with Crippen molar-refractivity contribution in [1.82, 2.24) is 10.6 Å². The third-order valence-corrected chi connectivity index (χ3v) is 2.42. The van der Waals surface area contributed by atoms with E-state index in [2.05, 4.69) is 15.4 Å². The number of nitrogens with one attached hydrogen (secondary N) is 2. The molecule has 1 aromatic carbocycles. The Morgan fingerprint density at radius 2 is 1.86 bits per heavy atom.